The molecule has 1 amide bonds. The van der Waals surface area contributed by atoms with Crippen LogP contribution >= 0.6 is 11.6 Å². The van der Waals surface area contributed by atoms with Gasteiger partial charge in [0.15, 0.2) is 0 Å². The third kappa shape index (κ3) is 2.91. The van der Waals surface area contributed by atoms with Gasteiger partial charge in [0.1, 0.15) is 0 Å². The Hall–Kier alpha value is -1.55. The van der Waals surface area contributed by atoms with E-state index in [4.69, 9.17) is 16.3 Å². The maximum atomic E-state index is 12.3. The lowest BCUT2D eigenvalue weighted by Crippen LogP contribution is -2.28. The number of ether oxygens (including phenoxy) is 1. The van der Waals surface area contributed by atoms with Gasteiger partial charge < -0.3 is 9.64 Å². The van der Waals surface area contributed by atoms with Gasteiger partial charge in [-0.3, -0.25) is 9.59 Å². The highest BCUT2D eigenvalue weighted by atomic mass is 35.5. The number of halogens is 1. The Kier molecular flexibility index (Phi) is 4.88. The van der Waals surface area contributed by atoms with Crippen LogP contribution in [0.4, 0.5) is 5.69 Å². The van der Waals surface area contributed by atoms with Crippen molar-refractivity contribution in [2.45, 2.75) is 33.1 Å². The van der Waals surface area contributed by atoms with E-state index in [-0.39, 0.29) is 18.3 Å². The Morgan fingerprint density at radius 1 is 1.38 bits per heavy atom. The number of hydrogen-bond acceptors (Lipinski definition) is 3. The van der Waals surface area contributed by atoms with E-state index in [1.807, 2.05) is 26.0 Å². The first-order valence-corrected chi connectivity index (χ1v) is 7.59. The standard InChI is InChI=1S/C16H20ClNO3/c1-4-10-6-7-13(17)12(5-2)15(10)18-9-11(8-14(18)19)16(20)21-3/h6-7,11H,4-5,8-9H2,1-3H3. The largest absolute Gasteiger partial charge is 0.469 e. The van der Waals surface area contributed by atoms with Gasteiger partial charge in [-0.1, -0.05) is 31.5 Å². The van der Waals surface area contributed by atoms with Crippen molar-refractivity contribution in [1.82, 2.24) is 0 Å². The maximum Gasteiger partial charge on any atom is 0.311 e. The zero-order chi connectivity index (χ0) is 15.6. The molecule has 114 valence electrons. The molecule has 1 aromatic carbocycles. The van der Waals surface area contributed by atoms with Crippen LogP contribution in [-0.4, -0.2) is 25.5 Å². The fourth-order valence-corrected chi connectivity index (χ4v) is 3.15. The van der Waals surface area contributed by atoms with E-state index in [1.54, 1.807) is 4.90 Å². The number of methoxy groups -OCH3 is 1. The summed E-state index contributed by atoms with van der Waals surface area (Å²) in [6.07, 6.45) is 1.76. The number of carbonyl (C=O) groups excluding carboxylic acids is 2. The average molecular weight is 310 g/mol. The molecule has 0 spiro atoms. The minimum absolute atomic E-state index is 0.0444. The van der Waals surface area contributed by atoms with E-state index in [2.05, 4.69) is 0 Å². The Morgan fingerprint density at radius 2 is 2.10 bits per heavy atom. The number of benzene rings is 1. The van der Waals surface area contributed by atoms with Crippen molar-refractivity contribution in [3.05, 3.63) is 28.3 Å². The van der Waals surface area contributed by atoms with Gasteiger partial charge in [-0.15, -0.1) is 0 Å². The molecule has 1 saturated heterocycles. The predicted molar refractivity (Wildman–Crippen MR) is 82.7 cm³/mol. The summed E-state index contributed by atoms with van der Waals surface area (Å²) in [5.74, 6) is -0.767. The topological polar surface area (TPSA) is 46.6 Å². The summed E-state index contributed by atoms with van der Waals surface area (Å²) in [6.45, 7) is 4.43. The Bertz CT molecular complexity index is 571. The summed E-state index contributed by atoms with van der Waals surface area (Å²) in [5.41, 5.74) is 2.92. The van der Waals surface area contributed by atoms with E-state index < -0.39 is 5.92 Å². The zero-order valence-corrected chi connectivity index (χ0v) is 13.4. The monoisotopic (exact) mass is 309 g/mol. The van der Waals surface area contributed by atoms with E-state index >= 15 is 0 Å². The van der Waals surface area contributed by atoms with E-state index in [0.717, 1.165) is 29.7 Å². The molecular weight excluding hydrogens is 290 g/mol. The minimum Gasteiger partial charge on any atom is -0.469 e. The molecule has 21 heavy (non-hydrogen) atoms. The minimum atomic E-state index is -0.393. The molecule has 4 nitrogen and oxygen atoms in total. The lowest BCUT2D eigenvalue weighted by molar-refractivity contribution is -0.145. The number of esters is 1. The van der Waals surface area contributed by atoms with Gasteiger partial charge in [-0.05, 0) is 30.0 Å². The quantitative estimate of drug-likeness (QED) is 0.803. The van der Waals surface area contributed by atoms with Crippen molar-refractivity contribution in [1.29, 1.82) is 0 Å². The highest BCUT2D eigenvalue weighted by molar-refractivity contribution is 6.32. The molecule has 1 aliphatic heterocycles. The van der Waals surface area contributed by atoms with Crippen LogP contribution in [0.3, 0.4) is 0 Å². The molecule has 0 bridgehead atoms. The van der Waals surface area contributed by atoms with Crippen molar-refractivity contribution in [3.8, 4) is 0 Å². The molecule has 2 rings (SSSR count). The van der Waals surface area contributed by atoms with Crippen molar-refractivity contribution >= 4 is 29.2 Å². The summed E-state index contributed by atoms with van der Waals surface area (Å²) >= 11 is 6.28. The molecule has 0 N–H and O–H groups in total. The van der Waals surface area contributed by atoms with Crippen LogP contribution in [-0.2, 0) is 27.2 Å². The van der Waals surface area contributed by atoms with Crippen molar-refractivity contribution in [2.24, 2.45) is 5.92 Å². The number of hydrogen-bond donors (Lipinski definition) is 0. The molecule has 1 atom stereocenters. The van der Waals surface area contributed by atoms with Crippen LogP contribution in [0.1, 0.15) is 31.4 Å². The molecule has 0 saturated carbocycles. The highest BCUT2D eigenvalue weighted by Gasteiger charge is 2.37. The molecule has 0 radical (unpaired) electrons. The Morgan fingerprint density at radius 3 is 2.67 bits per heavy atom. The van der Waals surface area contributed by atoms with Crippen LogP contribution in [0.5, 0.6) is 0 Å². The zero-order valence-electron chi connectivity index (χ0n) is 12.6. The smallest absolute Gasteiger partial charge is 0.311 e. The third-order valence-electron chi connectivity index (χ3n) is 3.97. The highest BCUT2D eigenvalue weighted by Crippen LogP contribution is 2.36. The first-order chi connectivity index (χ1) is 10.0. The average Bonchev–Trinajstić information content (AvgIpc) is 2.87. The second-order valence-electron chi connectivity index (χ2n) is 5.17. The first kappa shape index (κ1) is 15.8. The summed E-state index contributed by atoms with van der Waals surface area (Å²) in [5, 5.41) is 0.666. The summed E-state index contributed by atoms with van der Waals surface area (Å²) in [7, 11) is 1.35. The number of aryl methyl sites for hydroxylation is 1. The van der Waals surface area contributed by atoms with E-state index in [1.165, 1.54) is 7.11 Å². The van der Waals surface area contributed by atoms with Gasteiger partial charge in [0.05, 0.1) is 18.7 Å². The lowest BCUT2D eigenvalue weighted by atomic mass is 10.0. The number of amides is 1. The molecule has 0 aromatic heterocycles. The van der Waals surface area contributed by atoms with E-state index in [0.29, 0.717) is 11.6 Å². The molecule has 1 heterocycles. The van der Waals surface area contributed by atoms with Crippen molar-refractivity contribution < 1.29 is 14.3 Å². The van der Waals surface area contributed by atoms with Gasteiger partial charge in [-0.2, -0.15) is 0 Å². The number of nitrogens with zero attached hydrogens (tertiary/aromatic N) is 1. The third-order valence-corrected chi connectivity index (χ3v) is 4.33. The molecular formula is C16H20ClNO3. The van der Waals surface area contributed by atoms with Gasteiger partial charge in [0.25, 0.3) is 0 Å². The second kappa shape index (κ2) is 6.48. The van der Waals surface area contributed by atoms with Crippen molar-refractivity contribution in [3.63, 3.8) is 0 Å². The number of carbonyl (C=O) groups is 2. The number of anilines is 1. The lowest BCUT2D eigenvalue weighted by Gasteiger charge is -2.24. The van der Waals surface area contributed by atoms with E-state index in [9.17, 15) is 9.59 Å². The SMILES string of the molecule is CCc1ccc(Cl)c(CC)c1N1CC(C(=O)OC)CC1=O. The fraction of sp³-hybridized carbons (Fsp3) is 0.500. The number of rotatable bonds is 4. The van der Waals surface area contributed by atoms with Crippen LogP contribution in [0.15, 0.2) is 12.1 Å². The van der Waals surface area contributed by atoms with Crippen molar-refractivity contribution in [2.75, 3.05) is 18.6 Å². The van der Waals surface area contributed by atoms with Crippen LogP contribution in [0.25, 0.3) is 0 Å². The molecule has 0 aliphatic carbocycles. The predicted octanol–water partition coefficient (Wildman–Crippen LogP) is 2.99. The van der Waals surface area contributed by atoms with Crippen LogP contribution < -0.4 is 4.90 Å². The molecule has 1 aromatic rings. The normalized spacial score (nSPS) is 18.2. The molecule has 1 unspecified atom stereocenters. The van der Waals surface area contributed by atoms with Gasteiger partial charge in [-0.25, -0.2) is 0 Å². The van der Waals surface area contributed by atoms with Gasteiger partial charge >= 0.3 is 5.97 Å². The van der Waals surface area contributed by atoms with Gasteiger partial charge in [0.2, 0.25) is 5.91 Å². The summed E-state index contributed by atoms with van der Waals surface area (Å²) < 4.78 is 4.76. The Labute approximate surface area is 130 Å². The fourth-order valence-electron chi connectivity index (χ4n) is 2.87. The second-order valence-corrected chi connectivity index (χ2v) is 5.58. The maximum absolute atomic E-state index is 12.3. The van der Waals surface area contributed by atoms with Crippen LogP contribution in [0.2, 0.25) is 5.02 Å². The van der Waals surface area contributed by atoms with Gasteiger partial charge in [0, 0.05) is 18.0 Å². The first-order valence-electron chi connectivity index (χ1n) is 7.21. The van der Waals surface area contributed by atoms with Crippen LogP contribution in [0, 0.1) is 5.92 Å². The molecule has 1 fully saturated rings. The summed E-state index contributed by atoms with van der Waals surface area (Å²) in [4.78, 5) is 25.7. The molecule has 1 aliphatic rings. The summed E-state index contributed by atoms with van der Waals surface area (Å²) in [6, 6.07) is 3.83. The Balaban J connectivity index is 2.44. The molecule has 5 heteroatoms.